The van der Waals surface area contributed by atoms with Gasteiger partial charge in [-0.2, -0.15) is 0 Å². The van der Waals surface area contributed by atoms with Crippen molar-refractivity contribution in [2.24, 2.45) is 0 Å². The highest BCUT2D eigenvalue weighted by Crippen LogP contribution is 2.31. The molecule has 3 rings (SSSR count). The number of ether oxygens (including phenoxy) is 2. The number of rotatable bonds is 11. The second-order valence-corrected chi connectivity index (χ2v) is 8.85. The summed E-state index contributed by atoms with van der Waals surface area (Å²) in [6.07, 6.45) is 2.29. The molecule has 1 aliphatic rings. The first-order valence-electron chi connectivity index (χ1n) is 10.9. The minimum atomic E-state index is -0.659. The predicted octanol–water partition coefficient (Wildman–Crippen LogP) is 2.80. The van der Waals surface area contributed by atoms with Crippen LogP contribution >= 0.6 is 11.3 Å². The van der Waals surface area contributed by atoms with Gasteiger partial charge in [0, 0.05) is 42.8 Å². The van der Waals surface area contributed by atoms with E-state index in [1.807, 2.05) is 0 Å². The van der Waals surface area contributed by atoms with E-state index >= 15 is 0 Å². The molecule has 1 atom stereocenters. The van der Waals surface area contributed by atoms with Gasteiger partial charge in [0.25, 0.3) is 0 Å². The average Bonchev–Trinajstić information content (AvgIpc) is 3.41. The smallest absolute Gasteiger partial charge is 0.357 e. The molecule has 1 fully saturated rings. The van der Waals surface area contributed by atoms with Crippen LogP contribution in [0.1, 0.15) is 53.7 Å². The van der Waals surface area contributed by atoms with Crippen LogP contribution in [0.3, 0.4) is 0 Å². The molecule has 0 bridgehead atoms. The molecule has 33 heavy (non-hydrogen) atoms. The summed E-state index contributed by atoms with van der Waals surface area (Å²) in [6, 6.07) is 4.65. The molecule has 2 amide bonds. The summed E-state index contributed by atoms with van der Waals surface area (Å²) in [7, 11) is 1.47. The van der Waals surface area contributed by atoms with Gasteiger partial charge in [-0.25, -0.2) is 14.2 Å². The van der Waals surface area contributed by atoms with Gasteiger partial charge in [0.05, 0.1) is 18.7 Å². The lowest BCUT2D eigenvalue weighted by atomic mass is 9.84. The highest BCUT2D eigenvalue weighted by molar-refractivity contribution is 7.09. The van der Waals surface area contributed by atoms with Crippen LogP contribution in [0.2, 0.25) is 0 Å². The third-order valence-corrected chi connectivity index (χ3v) is 6.46. The first-order chi connectivity index (χ1) is 15.8. The maximum absolute atomic E-state index is 14.5. The Kier molecular flexibility index (Phi) is 8.37. The zero-order valence-corrected chi connectivity index (χ0v) is 19.6. The van der Waals surface area contributed by atoms with Gasteiger partial charge >= 0.3 is 5.97 Å². The number of benzene rings is 1. The standard InChI is InChI=1S/C23H28FN3O5S/c1-3-32-22(30)18-14-33-21(26-18)8-11-25-19(28)6-9-23(10-7-20(29)27-23)13-15-4-5-16(31-2)12-17(15)24/h4-5,12,14H,3,6-11,13H2,1-2H3,(H,25,28)(H,27,29)/t23-/m1/s1. The summed E-state index contributed by atoms with van der Waals surface area (Å²) in [6.45, 7) is 2.39. The monoisotopic (exact) mass is 477 g/mol. The van der Waals surface area contributed by atoms with Crippen molar-refractivity contribution >= 4 is 29.1 Å². The molecule has 1 aromatic heterocycles. The lowest BCUT2D eigenvalue weighted by molar-refractivity contribution is -0.122. The number of hydrogen-bond donors (Lipinski definition) is 2. The molecule has 0 saturated carbocycles. The summed E-state index contributed by atoms with van der Waals surface area (Å²) in [5.74, 6) is -0.681. The number of esters is 1. The van der Waals surface area contributed by atoms with Gasteiger partial charge in [0.2, 0.25) is 11.8 Å². The van der Waals surface area contributed by atoms with E-state index in [1.54, 1.807) is 24.4 Å². The number of amides is 2. The molecule has 0 unspecified atom stereocenters. The molecule has 178 valence electrons. The predicted molar refractivity (Wildman–Crippen MR) is 121 cm³/mol. The van der Waals surface area contributed by atoms with Crippen molar-refractivity contribution in [3.63, 3.8) is 0 Å². The maximum Gasteiger partial charge on any atom is 0.357 e. The maximum atomic E-state index is 14.5. The fraction of sp³-hybridized carbons (Fsp3) is 0.478. The zero-order valence-electron chi connectivity index (χ0n) is 18.7. The highest BCUT2D eigenvalue weighted by atomic mass is 32.1. The quantitative estimate of drug-likeness (QED) is 0.482. The van der Waals surface area contributed by atoms with Gasteiger partial charge in [-0.3, -0.25) is 9.59 Å². The van der Waals surface area contributed by atoms with E-state index < -0.39 is 17.3 Å². The molecule has 1 aromatic carbocycles. The molecule has 1 aliphatic heterocycles. The molecular formula is C23H28FN3O5S. The molecule has 2 heterocycles. The van der Waals surface area contributed by atoms with Crippen LogP contribution in [-0.4, -0.2) is 48.6 Å². The number of nitrogens with zero attached hydrogens (tertiary/aromatic N) is 1. The normalized spacial score (nSPS) is 17.5. The molecule has 1 saturated heterocycles. The molecule has 10 heteroatoms. The highest BCUT2D eigenvalue weighted by Gasteiger charge is 2.38. The SMILES string of the molecule is CCOC(=O)c1csc(CCNC(=O)CC[C@]2(Cc3ccc(OC)cc3F)CCC(=O)N2)n1. The summed E-state index contributed by atoms with van der Waals surface area (Å²) in [4.78, 5) is 40.2. The first kappa shape index (κ1) is 24.6. The Balaban J connectivity index is 1.51. The fourth-order valence-corrected chi connectivity index (χ4v) is 4.59. The lowest BCUT2D eigenvalue weighted by Gasteiger charge is -2.29. The number of thiazole rings is 1. The lowest BCUT2D eigenvalue weighted by Crippen LogP contribution is -2.44. The molecule has 8 nitrogen and oxygen atoms in total. The van der Waals surface area contributed by atoms with Crippen molar-refractivity contribution in [1.82, 2.24) is 15.6 Å². The summed E-state index contributed by atoms with van der Waals surface area (Å²) in [5.41, 5.74) is 0.0840. The molecule has 2 aromatic rings. The molecule has 0 radical (unpaired) electrons. The largest absolute Gasteiger partial charge is 0.497 e. The van der Waals surface area contributed by atoms with Gasteiger partial charge < -0.3 is 20.1 Å². The Morgan fingerprint density at radius 3 is 2.85 bits per heavy atom. The van der Waals surface area contributed by atoms with E-state index in [0.717, 1.165) is 5.01 Å². The molecule has 0 spiro atoms. The third-order valence-electron chi connectivity index (χ3n) is 5.55. The van der Waals surface area contributed by atoms with Crippen molar-refractivity contribution in [3.05, 3.63) is 45.7 Å². The first-order valence-corrected chi connectivity index (χ1v) is 11.7. The van der Waals surface area contributed by atoms with Crippen LogP contribution in [-0.2, 0) is 27.2 Å². The number of methoxy groups -OCH3 is 1. The minimum Gasteiger partial charge on any atom is -0.497 e. The Labute approximate surface area is 195 Å². The van der Waals surface area contributed by atoms with Gasteiger partial charge in [-0.05, 0) is 37.8 Å². The zero-order chi connectivity index (χ0) is 23.8. The minimum absolute atomic E-state index is 0.0921. The Morgan fingerprint density at radius 2 is 2.18 bits per heavy atom. The Morgan fingerprint density at radius 1 is 1.36 bits per heavy atom. The third kappa shape index (κ3) is 6.74. The van der Waals surface area contributed by atoms with Gasteiger partial charge in [0.15, 0.2) is 5.69 Å². The van der Waals surface area contributed by atoms with Crippen LogP contribution in [0, 0.1) is 5.82 Å². The van der Waals surface area contributed by atoms with E-state index in [2.05, 4.69) is 15.6 Å². The van der Waals surface area contributed by atoms with Crippen molar-refractivity contribution in [2.45, 2.75) is 51.0 Å². The average molecular weight is 478 g/mol. The number of nitrogens with one attached hydrogen (secondary N) is 2. The van der Waals surface area contributed by atoms with Crippen molar-refractivity contribution in [2.75, 3.05) is 20.3 Å². The molecular weight excluding hydrogens is 449 g/mol. The van der Waals surface area contributed by atoms with Gasteiger partial charge in [0.1, 0.15) is 11.6 Å². The molecule has 2 N–H and O–H groups in total. The number of carbonyl (C=O) groups excluding carboxylic acids is 3. The fourth-order valence-electron chi connectivity index (χ4n) is 3.82. The Hall–Kier alpha value is -3.01. The van der Waals surface area contributed by atoms with E-state index in [9.17, 15) is 18.8 Å². The van der Waals surface area contributed by atoms with E-state index in [1.165, 1.54) is 24.5 Å². The van der Waals surface area contributed by atoms with Crippen LogP contribution in [0.15, 0.2) is 23.6 Å². The summed E-state index contributed by atoms with van der Waals surface area (Å²) < 4.78 is 24.4. The van der Waals surface area contributed by atoms with Gasteiger partial charge in [-0.1, -0.05) is 6.07 Å². The van der Waals surface area contributed by atoms with E-state index in [-0.39, 0.29) is 30.5 Å². The van der Waals surface area contributed by atoms with E-state index in [4.69, 9.17) is 9.47 Å². The van der Waals surface area contributed by atoms with Crippen LogP contribution in [0.4, 0.5) is 4.39 Å². The van der Waals surface area contributed by atoms with Crippen LogP contribution < -0.4 is 15.4 Å². The summed E-state index contributed by atoms with van der Waals surface area (Å²) >= 11 is 1.34. The van der Waals surface area contributed by atoms with Crippen LogP contribution in [0.5, 0.6) is 5.75 Å². The number of aromatic nitrogens is 1. The topological polar surface area (TPSA) is 107 Å². The van der Waals surface area contributed by atoms with Gasteiger partial charge in [-0.15, -0.1) is 11.3 Å². The number of hydrogen-bond acceptors (Lipinski definition) is 7. The molecule has 0 aliphatic carbocycles. The second-order valence-electron chi connectivity index (χ2n) is 7.91. The van der Waals surface area contributed by atoms with Crippen molar-refractivity contribution in [1.29, 1.82) is 0 Å². The van der Waals surface area contributed by atoms with Crippen molar-refractivity contribution < 1.29 is 28.2 Å². The Bertz CT molecular complexity index is 1010. The second kappa shape index (κ2) is 11.2. The number of halogens is 1. The van der Waals surface area contributed by atoms with Crippen LogP contribution in [0.25, 0.3) is 0 Å². The van der Waals surface area contributed by atoms with Crippen molar-refractivity contribution in [3.8, 4) is 5.75 Å². The number of carbonyl (C=O) groups is 3. The summed E-state index contributed by atoms with van der Waals surface area (Å²) in [5, 5.41) is 8.18. The van der Waals surface area contributed by atoms with E-state index in [0.29, 0.717) is 50.0 Å².